The van der Waals surface area contributed by atoms with Crippen LogP contribution in [0.4, 0.5) is 0 Å². The SMILES string of the molecule is O=C(c1noc2c1CCCC2)N1CCCC1Cn1ncccc1=O. The molecule has 7 heteroatoms. The van der Waals surface area contributed by atoms with E-state index < -0.39 is 0 Å². The Balaban J connectivity index is 1.56. The largest absolute Gasteiger partial charge is 0.360 e. The molecule has 1 unspecified atom stereocenters. The third-order valence-corrected chi connectivity index (χ3v) is 4.96. The smallest absolute Gasteiger partial charge is 0.276 e. The van der Waals surface area contributed by atoms with E-state index in [1.165, 1.54) is 10.7 Å². The molecule has 0 aromatic carbocycles. The second-order valence-electron chi connectivity index (χ2n) is 6.48. The predicted molar refractivity (Wildman–Crippen MR) is 85.7 cm³/mol. The number of aromatic nitrogens is 3. The Hall–Kier alpha value is -2.44. The molecule has 2 aromatic heterocycles. The average Bonchev–Trinajstić information content (AvgIpc) is 3.23. The number of hydrogen-bond donors (Lipinski definition) is 0. The highest BCUT2D eigenvalue weighted by Crippen LogP contribution is 2.27. The standard InChI is InChI=1S/C17H20N4O3/c22-15-8-3-9-18-21(15)11-12-5-4-10-20(12)17(23)16-13-6-1-2-7-14(13)24-19-16/h3,8-9,12H,1-2,4-7,10-11H2. The van der Waals surface area contributed by atoms with Gasteiger partial charge in [0.15, 0.2) is 5.69 Å². The molecule has 1 fully saturated rings. The number of likely N-dealkylation sites (tertiary alicyclic amines) is 1. The van der Waals surface area contributed by atoms with Crippen LogP contribution in [0.3, 0.4) is 0 Å². The Morgan fingerprint density at radius 1 is 1.29 bits per heavy atom. The van der Waals surface area contributed by atoms with E-state index in [4.69, 9.17) is 4.52 Å². The van der Waals surface area contributed by atoms with E-state index in [2.05, 4.69) is 10.3 Å². The van der Waals surface area contributed by atoms with Crippen LogP contribution in [0, 0.1) is 0 Å². The van der Waals surface area contributed by atoms with Gasteiger partial charge in [0.05, 0.1) is 12.6 Å². The van der Waals surface area contributed by atoms with Crippen LogP contribution in [0.2, 0.25) is 0 Å². The van der Waals surface area contributed by atoms with Crippen LogP contribution < -0.4 is 5.56 Å². The van der Waals surface area contributed by atoms with Gasteiger partial charge in [-0.05, 0) is 38.2 Å². The number of nitrogens with zero attached hydrogens (tertiary/aromatic N) is 4. The highest BCUT2D eigenvalue weighted by molar-refractivity contribution is 5.94. The Morgan fingerprint density at radius 3 is 3.04 bits per heavy atom. The zero-order valence-corrected chi connectivity index (χ0v) is 13.5. The van der Waals surface area contributed by atoms with Gasteiger partial charge in [0.2, 0.25) is 0 Å². The van der Waals surface area contributed by atoms with Crippen LogP contribution >= 0.6 is 0 Å². The second kappa shape index (κ2) is 6.22. The molecule has 0 radical (unpaired) electrons. The van der Waals surface area contributed by atoms with Crippen molar-refractivity contribution in [3.05, 3.63) is 45.7 Å². The van der Waals surface area contributed by atoms with Crippen molar-refractivity contribution in [1.29, 1.82) is 0 Å². The van der Waals surface area contributed by atoms with Gasteiger partial charge in [-0.3, -0.25) is 9.59 Å². The summed E-state index contributed by atoms with van der Waals surface area (Å²) in [4.78, 5) is 26.7. The fourth-order valence-electron chi connectivity index (χ4n) is 3.71. The second-order valence-corrected chi connectivity index (χ2v) is 6.48. The first kappa shape index (κ1) is 15.1. The van der Waals surface area contributed by atoms with Gasteiger partial charge in [0.1, 0.15) is 5.76 Å². The summed E-state index contributed by atoms with van der Waals surface area (Å²) in [5.41, 5.74) is 1.30. The number of rotatable bonds is 3. The molecular formula is C17H20N4O3. The monoisotopic (exact) mass is 328 g/mol. The van der Waals surface area contributed by atoms with Crippen molar-refractivity contribution in [2.75, 3.05) is 6.54 Å². The number of carbonyl (C=O) groups is 1. The van der Waals surface area contributed by atoms with Crippen LogP contribution in [-0.2, 0) is 19.4 Å². The summed E-state index contributed by atoms with van der Waals surface area (Å²) in [6.45, 7) is 1.11. The zero-order chi connectivity index (χ0) is 16.5. The first-order chi connectivity index (χ1) is 11.7. The lowest BCUT2D eigenvalue weighted by Crippen LogP contribution is -2.41. The van der Waals surface area contributed by atoms with Crippen molar-refractivity contribution in [2.45, 2.75) is 51.1 Å². The fraction of sp³-hybridized carbons (Fsp3) is 0.529. The molecule has 1 atom stereocenters. The first-order valence-corrected chi connectivity index (χ1v) is 8.54. The van der Waals surface area contributed by atoms with Crippen molar-refractivity contribution in [3.63, 3.8) is 0 Å². The summed E-state index contributed by atoms with van der Waals surface area (Å²) in [7, 11) is 0. The van der Waals surface area contributed by atoms with Gasteiger partial charge >= 0.3 is 0 Å². The van der Waals surface area contributed by atoms with Gasteiger partial charge in [0, 0.05) is 30.8 Å². The van der Waals surface area contributed by atoms with E-state index in [1.54, 1.807) is 12.3 Å². The van der Waals surface area contributed by atoms with Gasteiger partial charge < -0.3 is 9.42 Å². The van der Waals surface area contributed by atoms with Crippen molar-refractivity contribution in [2.24, 2.45) is 0 Å². The predicted octanol–water partition coefficient (Wildman–Crippen LogP) is 1.41. The summed E-state index contributed by atoms with van der Waals surface area (Å²) in [5, 5.41) is 8.15. The topological polar surface area (TPSA) is 81.2 Å². The molecule has 3 heterocycles. The maximum absolute atomic E-state index is 13.0. The van der Waals surface area contributed by atoms with E-state index in [0.717, 1.165) is 49.8 Å². The van der Waals surface area contributed by atoms with Gasteiger partial charge in [-0.15, -0.1) is 0 Å². The number of amides is 1. The van der Waals surface area contributed by atoms with Gasteiger partial charge in [0.25, 0.3) is 11.5 Å². The first-order valence-electron chi connectivity index (χ1n) is 8.54. The fourth-order valence-corrected chi connectivity index (χ4v) is 3.71. The Labute approximate surface area is 139 Å². The Morgan fingerprint density at radius 2 is 2.17 bits per heavy atom. The maximum Gasteiger partial charge on any atom is 0.276 e. The average molecular weight is 328 g/mol. The van der Waals surface area contributed by atoms with Gasteiger partial charge in [-0.2, -0.15) is 5.10 Å². The quantitative estimate of drug-likeness (QED) is 0.851. The lowest BCUT2D eigenvalue weighted by molar-refractivity contribution is 0.0709. The molecule has 1 amide bonds. The highest BCUT2D eigenvalue weighted by Gasteiger charge is 2.34. The lowest BCUT2D eigenvalue weighted by Gasteiger charge is -2.24. The third kappa shape index (κ3) is 2.64. The Bertz CT molecular complexity index is 810. The van der Waals surface area contributed by atoms with Crippen molar-refractivity contribution in [3.8, 4) is 0 Å². The van der Waals surface area contributed by atoms with Crippen molar-refractivity contribution in [1.82, 2.24) is 19.8 Å². The molecule has 0 saturated carbocycles. The molecule has 2 aliphatic rings. The van der Waals surface area contributed by atoms with E-state index in [9.17, 15) is 9.59 Å². The van der Waals surface area contributed by atoms with Crippen LogP contribution in [0.15, 0.2) is 27.6 Å². The molecule has 2 aromatic rings. The van der Waals surface area contributed by atoms with Gasteiger partial charge in [-0.25, -0.2) is 4.68 Å². The summed E-state index contributed by atoms with van der Waals surface area (Å²) in [6, 6.07) is 3.08. The molecule has 1 aliphatic heterocycles. The Kier molecular flexibility index (Phi) is 3.92. The van der Waals surface area contributed by atoms with Crippen LogP contribution in [0.1, 0.15) is 47.5 Å². The molecule has 4 rings (SSSR count). The molecule has 126 valence electrons. The molecule has 1 aliphatic carbocycles. The van der Waals surface area contributed by atoms with E-state index in [-0.39, 0.29) is 17.5 Å². The highest BCUT2D eigenvalue weighted by atomic mass is 16.5. The third-order valence-electron chi connectivity index (χ3n) is 4.96. The van der Waals surface area contributed by atoms with Crippen LogP contribution in [0.5, 0.6) is 0 Å². The van der Waals surface area contributed by atoms with Crippen LogP contribution in [-0.4, -0.2) is 38.3 Å². The molecular weight excluding hydrogens is 308 g/mol. The molecule has 0 bridgehead atoms. The molecule has 1 saturated heterocycles. The summed E-state index contributed by atoms with van der Waals surface area (Å²) < 4.78 is 6.80. The minimum absolute atomic E-state index is 0.0268. The summed E-state index contributed by atoms with van der Waals surface area (Å²) in [5.74, 6) is 0.787. The molecule has 7 nitrogen and oxygen atoms in total. The van der Waals surface area contributed by atoms with E-state index in [1.807, 2.05) is 4.90 Å². The van der Waals surface area contributed by atoms with Crippen molar-refractivity contribution >= 4 is 5.91 Å². The summed E-state index contributed by atoms with van der Waals surface area (Å²) in [6.07, 6.45) is 7.27. The van der Waals surface area contributed by atoms with E-state index >= 15 is 0 Å². The molecule has 0 N–H and O–H groups in total. The molecule has 0 spiro atoms. The number of aryl methyl sites for hydroxylation is 1. The lowest BCUT2D eigenvalue weighted by atomic mass is 9.96. The number of hydrogen-bond acceptors (Lipinski definition) is 5. The number of carbonyl (C=O) groups excluding carboxylic acids is 1. The zero-order valence-electron chi connectivity index (χ0n) is 13.5. The minimum atomic E-state index is -0.143. The molecule has 24 heavy (non-hydrogen) atoms. The number of fused-ring (bicyclic) bond motifs is 1. The maximum atomic E-state index is 13.0. The normalized spacial score (nSPS) is 20.2. The minimum Gasteiger partial charge on any atom is -0.360 e. The van der Waals surface area contributed by atoms with Crippen LogP contribution in [0.25, 0.3) is 0 Å². The van der Waals surface area contributed by atoms with Crippen molar-refractivity contribution < 1.29 is 9.32 Å². The van der Waals surface area contributed by atoms with E-state index in [0.29, 0.717) is 18.8 Å². The van der Waals surface area contributed by atoms with Gasteiger partial charge in [-0.1, -0.05) is 5.16 Å². The summed E-state index contributed by atoms with van der Waals surface area (Å²) >= 11 is 0.